The molecule has 7 nitrogen and oxygen atoms in total. The molecular formula is C6H9NaO7SZn. The quantitative estimate of drug-likeness (QED) is 0.285. The molecule has 0 atom stereocenters. The Balaban J connectivity index is -0.000000845. The molecular weight excluding hydrogens is 305 g/mol. The Hall–Kier alpha value is 0.183. The Labute approximate surface area is 128 Å². The maximum absolute atomic E-state index is 10.6. The van der Waals surface area contributed by atoms with Gasteiger partial charge in [-0.3, -0.25) is 14.4 Å². The predicted octanol–water partition coefficient (Wildman–Crippen LogP) is -1.73. The molecule has 0 aromatic rings. The molecule has 0 saturated carbocycles. The Morgan fingerprint density at radius 3 is 1.88 bits per heavy atom. The van der Waals surface area contributed by atoms with Crippen molar-refractivity contribution in [1.29, 1.82) is 0 Å². The van der Waals surface area contributed by atoms with Crippen LogP contribution < -0.4 is 0 Å². The van der Waals surface area contributed by atoms with E-state index >= 15 is 0 Å². The molecule has 0 N–H and O–H groups in total. The van der Waals surface area contributed by atoms with Crippen molar-refractivity contribution < 1.29 is 51.2 Å². The van der Waals surface area contributed by atoms with E-state index < -0.39 is 41.7 Å². The van der Waals surface area contributed by atoms with E-state index in [4.69, 9.17) is 0 Å². The zero-order valence-electron chi connectivity index (χ0n) is 7.93. The summed E-state index contributed by atoms with van der Waals surface area (Å²) in [6.45, 7) is 1.03. The molecule has 16 heavy (non-hydrogen) atoms. The molecule has 0 aliphatic heterocycles. The van der Waals surface area contributed by atoms with Crippen molar-refractivity contribution in [1.82, 2.24) is 0 Å². The summed E-state index contributed by atoms with van der Waals surface area (Å²) in [5.74, 6) is -2.77. The van der Waals surface area contributed by atoms with Crippen LogP contribution in [0.4, 0.5) is 0 Å². The monoisotopic (exact) mass is 312 g/mol. The maximum atomic E-state index is 10.6. The van der Waals surface area contributed by atoms with Gasteiger partial charge in [0.15, 0.2) is 0 Å². The molecule has 0 spiro atoms. The van der Waals surface area contributed by atoms with Crippen LogP contribution in [-0.4, -0.2) is 55.9 Å². The van der Waals surface area contributed by atoms with Gasteiger partial charge in [-0.2, -0.15) is 8.42 Å². The van der Waals surface area contributed by atoms with E-state index in [9.17, 15) is 22.8 Å². The fraction of sp³-hybridized carbons (Fsp3) is 0.500. The summed E-state index contributed by atoms with van der Waals surface area (Å²) in [5.41, 5.74) is 0. The summed E-state index contributed by atoms with van der Waals surface area (Å²) in [7, 11) is -3.26. The largest absolute Gasteiger partial charge is 0 e. The fourth-order valence-electron chi connectivity index (χ4n) is 0.544. The fourth-order valence-corrected chi connectivity index (χ4v) is 0.802. The van der Waals surface area contributed by atoms with Crippen molar-refractivity contribution in [3.05, 3.63) is 0 Å². The second-order valence-corrected chi connectivity index (χ2v) is 2.78. The number of hydrogen-bond donors (Lipinski definition) is 1. The topological polar surface area (TPSA) is 104 Å². The van der Waals surface area contributed by atoms with Crippen LogP contribution in [0, 0.1) is 0 Å². The summed E-state index contributed by atoms with van der Waals surface area (Å²) >= 11 is 0. The van der Waals surface area contributed by atoms with Crippen LogP contribution in [0.3, 0.4) is 0 Å². The molecule has 0 rings (SSSR count). The van der Waals surface area contributed by atoms with Crippen LogP contribution in [0.2, 0.25) is 0 Å². The van der Waals surface area contributed by atoms with E-state index in [1.165, 1.54) is 0 Å². The summed E-state index contributed by atoms with van der Waals surface area (Å²) in [6, 6.07) is 0. The van der Waals surface area contributed by atoms with Crippen molar-refractivity contribution >= 4 is 58.5 Å². The van der Waals surface area contributed by atoms with Crippen LogP contribution >= 0.6 is 0 Å². The molecule has 0 aliphatic carbocycles. The van der Waals surface area contributed by atoms with Crippen molar-refractivity contribution in [2.45, 2.75) is 19.8 Å². The number of ether oxygens (including phenoxy) is 1. The Morgan fingerprint density at radius 1 is 1.06 bits per heavy atom. The average molecular weight is 314 g/mol. The van der Waals surface area contributed by atoms with Gasteiger partial charge in [0.25, 0.3) is 0 Å². The molecule has 0 amide bonds. The molecule has 0 fully saturated rings. The van der Waals surface area contributed by atoms with Gasteiger partial charge in [-0.15, -0.1) is 0 Å². The summed E-state index contributed by atoms with van der Waals surface area (Å²) in [4.78, 5) is 31.4. The number of esters is 2. The third kappa shape index (κ3) is 14.2. The molecule has 84 valence electrons. The van der Waals surface area contributed by atoms with Crippen LogP contribution in [0.15, 0.2) is 0 Å². The summed E-state index contributed by atoms with van der Waals surface area (Å²) in [5, 5.41) is 0. The van der Waals surface area contributed by atoms with E-state index in [1.807, 2.05) is 0 Å². The van der Waals surface area contributed by atoms with Crippen LogP contribution in [-0.2, 0) is 53.8 Å². The number of carbonyl (C=O) groups excluding carboxylic acids is 3. The van der Waals surface area contributed by atoms with E-state index in [-0.39, 0.29) is 49.0 Å². The summed E-state index contributed by atoms with van der Waals surface area (Å²) in [6.07, 6.45) is -0.850. The van der Waals surface area contributed by atoms with Crippen LogP contribution in [0.5, 0.6) is 0 Å². The molecule has 0 bridgehead atoms. The first kappa shape index (κ1) is 21.5. The van der Waals surface area contributed by atoms with Crippen molar-refractivity contribution in [2.75, 3.05) is 0 Å². The zero-order chi connectivity index (χ0) is 11.1. The van der Waals surface area contributed by atoms with E-state index in [0.717, 1.165) is 6.92 Å². The first-order chi connectivity index (χ1) is 6.41. The molecule has 0 saturated heterocycles. The third-order valence-electron chi connectivity index (χ3n) is 0.967. The van der Waals surface area contributed by atoms with E-state index in [2.05, 4.69) is 8.92 Å². The minimum absolute atomic E-state index is 0. The standard InChI is InChI=1S/C6H8O7S.Na.Zn.H/c1-4(7)12-5(8)2-3-6(9)13-14(10)11;;;/h14H,2-3H2,1H3;;;. The molecule has 0 unspecified atom stereocenters. The van der Waals surface area contributed by atoms with Gasteiger partial charge in [0.2, 0.25) is 0 Å². The van der Waals surface area contributed by atoms with Gasteiger partial charge < -0.3 is 8.92 Å². The first-order valence-electron chi connectivity index (χ1n) is 3.48. The van der Waals surface area contributed by atoms with Gasteiger partial charge in [-0.05, 0) is 0 Å². The number of thiol groups is 1. The molecule has 0 radical (unpaired) electrons. The van der Waals surface area contributed by atoms with Crippen LogP contribution in [0.1, 0.15) is 19.8 Å². The van der Waals surface area contributed by atoms with Gasteiger partial charge in [0.1, 0.15) is 0 Å². The van der Waals surface area contributed by atoms with Gasteiger partial charge in [-0.25, -0.2) is 0 Å². The molecule has 0 aromatic carbocycles. The number of hydrogen-bond acceptors (Lipinski definition) is 7. The van der Waals surface area contributed by atoms with Crippen molar-refractivity contribution in [3.63, 3.8) is 0 Å². The average Bonchev–Trinajstić information content (AvgIpc) is 1.98. The van der Waals surface area contributed by atoms with Gasteiger partial charge >= 0.3 is 58.5 Å². The molecule has 10 heteroatoms. The minimum atomic E-state index is -3.26. The van der Waals surface area contributed by atoms with Gasteiger partial charge in [-0.1, -0.05) is 0 Å². The SMILES string of the molecule is CC(=O)OC(=O)CCC(=O)O[SH](=O)=O.[NaH].[Zn]. The second-order valence-electron chi connectivity index (χ2n) is 2.15. The van der Waals surface area contributed by atoms with Crippen LogP contribution in [0.25, 0.3) is 0 Å². The van der Waals surface area contributed by atoms with Gasteiger partial charge in [0, 0.05) is 26.4 Å². The maximum Gasteiger partial charge on any atom is 0 e. The summed E-state index contributed by atoms with van der Waals surface area (Å²) < 4.78 is 27.5. The van der Waals surface area contributed by atoms with E-state index in [1.54, 1.807) is 0 Å². The van der Waals surface area contributed by atoms with Gasteiger partial charge in [0.05, 0.1) is 12.8 Å². The van der Waals surface area contributed by atoms with Crippen molar-refractivity contribution in [3.8, 4) is 0 Å². The molecule has 0 aromatic heterocycles. The zero-order valence-corrected chi connectivity index (χ0v) is 11.8. The Morgan fingerprint density at radius 2 is 1.50 bits per heavy atom. The predicted molar refractivity (Wildman–Crippen MR) is 49.6 cm³/mol. The number of carbonyl (C=O) groups is 3. The molecule has 0 heterocycles. The van der Waals surface area contributed by atoms with E-state index in [0.29, 0.717) is 0 Å². The Kier molecular flexibility index (Phi) is 15.6. The smallest absolute Gasteiger partial charge is 0 e. The van der Waals surface area contributed by atoms with Crippen molar-refractivity contribution in [2.24, 2.45) is 0 Å². The molecule has 0 aliphatic rings. The normalized spacial score (nSPS) is 8.38. The minimum Gasteiger partial charge on any atom is 0 e. The third-order valence-corrected chi connectivity index (χ3v) is 1.32. The number of rotatable bonds is 4. The second kappa shape index (κ2) is 11.7. The Bertz CT molecular complexity index is 319. The first-order valence-corrected chi connectivity index (χ1v) is 4.58.